The summed E-state index contributed by atoms with van der Waals surface area (Å²) in [4.78, 5) is 22.9. The predicted molar refractivity (Wildman–Crippen MR) is 68.0 cm³/mol. The van der Waals surface area contributed by atoms with Gasteiger partial charge in [0.05, 0.1) is 7.11 Å². The third-order valence-electron chi connectivity index (χ3n) is 2.64. The summed E-state index contributed by atoms with van der Waals surface area (Å²) in [5.74, 6) is -0.153. The summed E-state index contributed by atoms with van der Waals surface area (Å²) in [7, 11) is 1.57. The van der Waals surface area contributed by atoms with Gasteiger partial charge in [-0.1, -0.05) is 6.07 Å². The minimum Gasteiger partial charge on any atom is -0.496 e. The molecule has 5 nitrogen and oxygen atoms in total. The van der Waals surface area contributed by atoms with Crippen LogP contribution in [0.3, 0.4) is 0 Å². The van der Waals surface area contributed by atoms with Crippen molar-refractivity contribution >= 4 is 18.1 Å². The zero-order valence-corrected chi connectivity index (χ0v) is 10.5. The summed E-state index contributed by atoms with van der Waals surface area (Å²) < 4.78 is 5.19. The van der Waals surface area contributed by atoms with Gasteiger partial charge in [0.1, 0.15) is 5.75 Å². The molecule has 5 heteroatoms. The van der Waals surface area contributed by atoms with Gasteiger partial charge in [-0.05, 0) is 25.0 Å². The average Bonchev–Trinajstić information content (AvgIpc) is 2.35. The lowest BCUT2D eigenvalue weighted by molar-refractivity contribution is -0.137. The number of rotatable bonds is 7. The SMILES string of the molecule is COc1cc(N(C=O)CCCC(=O)O)ccc1C. The van der Waals surface area contributed by atoms with Gasteiger partial charge < -0.3 is 14.7 Å². The van der Waals surface area contributed by atoms with Crippen LogP contribution in [-0.2, 0) is 9.59 Å². The van der Waals surface area contributed by atoms with Crippen molar-refractivity contribution < 1.29 is 19.4 Å². The van der Waals surface area contributed by atoms with Crippen LogP contribution in [0.4, 0.5) is 5.69 Å². The normalized spacial score (nSPS) is 9.89. The second-order valence-corrected chi connectivity index (χ2v) is 3.95. The summed E-state index contributed by atoms with van der Waals surface area (Å²) in [5.41, 5.74) is 1.69. The quantitative estimate of drug-likeness (QED) is 0.751. The van der Waals surface area contributed by atoms with E-state index in [-0.39, 0.29) is 6.42 Å². The molecular formula is C13H17NO4. The van der Waals surface area contributed by atoms with Crippen LogP contribution < -0.4 is 9.64 Å². The summed E-state index contributed by atoms with van der Waals surface area (Å²) in [6.45, 7) is 2.29. The van der Waals surface area contributed by atoms with Gasteiger partial charge >= 0.3 is 5.97 Å². The summed E-state index contributed by atoms with van der Waals surface area (Å²) in [6.07, 6.45) is 1.17. The maximum Gasteiger partial charge on any atom is 0.303 e. The van der Waals surface area contributed by atoms with Gasteiger partial charge in [-0.2, -0.15) is 0 Å². The number of benzene rings is 1. The van der Waals surface area contributed by atoms with Crippen LogP contribution in [0.15, 0.2) is 18.2 Å². The van der Waals surface area contributed by atoms with Gasteiger partial charge in [-0.3, -0.25) is 9.59 Å². The standard InChI is InChI=1S/C13H17NO4/c1-10-5-6-11(8-12(10)18-2)14(9-15)7-3-4-13(16)17/h5-6,8-9H,3-4,7H2,1-2H3,(H,16,17). The number of carbonyl (C=O) groups excluding carboxylic acids is 1. The second-order valence-electron chi connectivity index (χ2n) is 3.95. The maximum atomic E-state index is 11.0. The molecule has 0 aliphatic rings. The Hall–Kier alpha value is -2.04. The highest BCUT2D eigenvalue weighted by atomic mass is 16.5. The Labute approximate surface area is 106 Å². The van der Waals surface area contributed by atoms with Gasteiger partial charge in [0, 0.05) is 24.7 Å². The number of aliphatic carboxylic acids is 1. The molecule has 1 aromatic rings. The first-order valence-corrected chi connectivity index (χ1v) is 5.67. The number of ether oxygens (including phenoxy) is 1. The number of amides is 1. The van der Waals surface area contributed by atoms with E-state index in [9.17, 15) is 9.59 Å². The lowest BCUT2D eigenvalue weighted by atomic mass is 10.2. The van der Waals surface area contributed by atoms with Crippen molar-refractivity contribution in [2.75, 3.05) is 18.6 Å². The zero-order chi connectivity index (χ0) is 13.5. The molecule has 0 aromatic heterocycles. The van der Waals surface area contributed by atoms with Gasteiger partial charge in [-0.15, -0.1) is 0 Å². The van der Waals surface area contributed by atoms with Crippen molar-refractivity contribution in [2.45, 2.75) is 19.8 Å². The van der Waals surface area contributed by atoms with Crippen molar-refractivity contribution in [1.29, 1.82) is 0 Å². The fourth-order valence-corrected chi connectivity index (χ4v) is 1.63. The van der Waals surface area contributed by atoms with Crippen LogP contribution in [0.1, 0.15) is 18.4 Å². The predicted octanol–water partition coefficient (Wildman–Crippen LogP) is 1.83. The molecule has 1 N–H and O–H groups in total. The Morgan fingerprint density at radius 3 is 2.78 bits per heavy atom. The topological polar surface area (TPSA) is 66.8 Å². The molecule has 0 unspecified atom stereocenters. The molecule has 0 aliphatic heterocycles. The van der Waals surface area contributed by atoms with Crippen molar-refractivity contribution in [3.05, 3.63) is 23.8 Å². The maximum absolute atomic E-state index is 11.0. The van der Waals surface area contributed by atoms with E-state index >= 15 is 0 Å². The zero-order valence-electron chi connectivity index (χ0n) is 10.5. The van der Waals surface area contributed by atoms with E-state index in [0.29, 0.717) is 30.8 Å². The van der Waals surface area contributed by atoms with Crippen LogP contribution >= 0.6 is 0 Å². The van der Waals surface area contributed by atoms with Gasteiger partial charge in [-0.25, -0.2) is 0 Å². The molecule has 1 rings (SSSR count). The molecule has 0 radical (unpaired) electrons. The van der Waals surface area contributed by atoms with E-state index in [4.69, 9.17) is 9.84 Å². The number of carbonyl (C=O) groups is 2. The minimum absolute atomic E-state index is 0.0489. The third-order valence-corrected chi connectivity index (χ3v) is 2.64. The molecule has 0 spiro atoms. The van der Waals surface area contributed by atoms with Crippen LogP contribution in [0.25, 0.3) is 0 Å². The number of carboxylic acids is 1. The summed E-state index contributed by atoms with van der Waals surface area (Å²) in [6, 6.07) is 5.44. The van der Waals surface area contributed by atoms with Crippen molar-refractivity contribution in [1.82, 2.24) is 0 Å². The molecule has 0 saturated carbocycles. The third kappa shape index (κ3) is 3.76. The highest BCUT2D eigenvalue weighted by molar-refractivity contribution is 5.76. The molecule has 98 valence electrons. The Kier molecular flexibility index (Phi) is 5.17. The summed E-state index contributed by atoms with van der Waals surface area (Å²) >= 11 is 0. The lowest BCUT2D eigenvalue weighted by Gasteiger charge is -2.18. The van der Waals surface area contributed by atoms with E-state index in [1.807, 2.05) is 19.1 Å². The first-order valence-electron chi connectivity index (χ1n) is 5.67. The van der Waals surface area contributed by atoms with Crippen LogP contribution in [0.2, 0.25) is 0 Å². The van der Waals surface area contributed by atoms with E-state index in [0.717, 1.165) is 5.56 Å². The minimum atomic E-state index is -0.859. The van der Waals surface area contributed by atoms with Crippen molar-refractivity contribution in [3.63, 3.8) is 0 Å². The van der Waals surface area contributed by atoms with Crippen molar-refractivity contribution in [2.24, 2.45) is 0 Å². The molecule has 0 aliphatic carbocycles. The Morgan fingerprint density at radius 1 is 1.50 bits per heavy atom. The largest absolute Gasteiger partial charge is 0.496 e. The Morgan fingerprint density at radius 2 is 2.22 bits per heavy atom. The van der Waals surface area contributed by atoms with Crippen LogP contribution in [-0.4, -0.2) is 31.1 Å². The van der Waals surface area contributed by atoms with Crippen LogP contribution in [0.5, 0.6) is 5.75 Å². The number of methoxy groups -OCH3 is 1. The van der Waals surface area contributed by atoms with E-state index < -0.39 is 5.97 Å². The van der Waals surface area contributed by atoms with E-state index in [2.05, 4.69) is 0 Å². The molecule has 0 atom stereocenters. The van der Waals surface area contributed by atoms with E-state index in [1.54, 1.807) is 13.2 Å². The first-order chi connectivity index (χ1) is 8.58. The molecule has 18 heavy (non-hydrogen) atoms. The first kappa shape index (κ1) is 14.0. The number of anilines is 1. The van der Waals surface area contributed by atoms with Crippen molar-refractivity contribution in [3.8, 4) is 5.75 Å². The molecule has 1 amide bonds. The van der Waals surface area contributed by atoms with Gasteiger partial charge in [0.25, 0.3) is 0 Å². The Bertz CT molecular complexity index is 431. The molecule has 0 saturated heterocycles. The molecule has 0 fully saturated rings. The highest BCUT2D eigenvalue weighted by Crippen LogP contribution is 2.24. The molecule has 0 bridgehead atoms. The number of hydrogen-bond acceptors (Lipinski definition) is 3. The second kappa shape index (κ2) is 6.64. The molecule has 0 heterocycles. The lowest BCUT2D eigenvalue weighted by Crippen LogP contribution is -2.23. The monoisotopic (exact) mass is 251 g/mol. The molecule has 1 aromatic carbocycles. The molecular weight excluding hydrogens is 234 g/mol. The smallest absolute Gasteiger partial charge is 0.303 e. The number of hydrogen-bond donors (Lipinski definition) is 1. The number of carboxylic acid groups (broad SMARTS) is 1. The fraction of sp³-hybridized carbons (Fsp3) is 0.385. The number of nitrogens with zero attached hydrogens (tertiary/aromatic N) is 1. The van der Waals surface area contributed by atoms with Gasteiger partial charge in [0.2, 0.25) is 6.41 Å². The highest BCUT2D eigenvalue weighted by Gasteiger charge is 2.08. The van der Waals surface area contributed by atoms with Gasteiger partial charge in [0.15, 0.2) is 0 Å². The van der Waals surface area contributed by atoms with Crippen LogP contribution in [0, 0.1) is 6.92 Å². The number of aryl methyl sites for hydroxylation is 1. The fourth-order valence-electron chi connectivity index (χ4n) is 1.63. The Balaban J connectivity index is 2.75. The average molecular weight is 251 g/mol. The van der Waals surface area contributed by atoms with E-state index in [1.165, 1.54) is 4.90 Å². The summed E-state index contributed by atoms with van der Waals surface area (Å²) in [5, 5.41) is 8.56.